The number of carboxylic acids is 1. The van der Waals surface area contributed by atoms with Gasteiger partial charge in [0.25, 0.3) is 5.91 Å². The lowest BCUT2D eigenvalue weighted by molar-refractivity contribution is 0.0686. The first-order chi connectivity index (χ1) is 9.02. The topological polar surface area (TPSA) is 102 Å². The number of nitrogens with one attached hydrogen (secondary N) is 1. The van der Waals surface area contributed by atoms with Crippen molar-refractivity contribution >= 4 is 17.6 Å². The largest absolute Gasteiger partial charge is 0.476 e. The first kappa shape index (κ1) is 12.8. The molecule has 0 atom stereocenters. The third-order valence-electron chi connectivity index (χ3n) is 2.61. The van der Waals surface area contributed by atoms with Crippen molar-refractivity contribution in [3.05, 3.63) is 29.8 Å². The predicted molar refractivity (Wildman–Crippen MR) is 66.0 cm³/mol. The molecule has 2 N–H and O–H groups in total. The lowest BCUT2D eigenvalue weighted by Crippen LogP contribution is -2.15. The van der Waals surface area contributed by atoms with Gasteiger partial charge in [-0.05, 0) is 6.92 Å². The van der Waals surface area contributed by atoms with Gasteiger partial charge in [-0.15, -0.1) is 0 Å². The Labute approximate surface area is 108 Å². The monoisotopic (exact) mass is 263 g/mol. The summed E-state index contributed by atoms with van der Waals surface area (Å²) < 4.78 is 2.80. The van der Waals surface area contributed by atoms with E-state index in [9.17, 15) is 9.59 Å². The maximum absolute atomic E-state index is 11.9. The minimum Gasteiger partial charge on any atom is -0.476 e. The van der Waals surface area contributed by atoms with E-state index in [1.165, 1.54) is 24.1 Å². The standard InChI is InChI=1S/C11H13N5O3/c1-3-16-6-7(4-13-16)10(17)14-8-5-12-15(2)9(8)11(18)19/h4-6H,3H2,1-2H3,(H,14,17)(H,18,19). The normalized spacial score (nSPS) is 10.4. The second kappa shape index (κ2) is 4.92. The molecule has 0 saturated heterocycles. The molecule has 0 spiro atoms. The summed E-state index contributed by atoms with van der Waals surface area (Å²) in [5, 5.41) is 19.3. The Morgan fingerprint density at radius 3 is 2.68 bits per heavy atom. The quantitative estimate of drug-likeness (QED) is 0.840. The van der Waals surface area contributed by atoms with Crippen molar-refractivity contribution in [2.24, 2.45) is 7.05 Å². The predicted octanol–water partition coefficient (Wildman–Crippen LogP) is 0.587. The fourth-order valence-electron chi connectivity index (χ4n) is 1.63. The molecule has 1 amide bonds. The van der Waals surface area contributed by atoms with Crippen LogP contribution in [0.25, 0.3) is 0 Å². The minimum absolute atomic E-state index is 0.0729. The Kier molecular flexibility index (Phi) is 3.32. The van der Waals surface area contributed by atoms with Gasteiger partial charge in [0.1, 0.15) is 0 Å². The number of amides is 1. The summed E-state index contributed by atoms with van der Waals surface area (Å²) in [7, 11) is 1.49. The van der Waals surface area contributed by atoms with E-state index < -0.39 is 11.9 Å². The van der Waals surface area contributed by atoms with Gasteiger partial charge in [0.05, 0.1) is 23.6 Å². The molecule has 8 heteroatoms. The van der Waals surface area contributed by atoms with Crippen molar-refractivity contribution in [1.29, 1.82) is 0 Å². The SMILES string of the molecule is CCn1cc(C(=O)Nc2cnn(C)c2C(=O)O)cn1. The van der Waals surface area contributed by atoms with E-state index in [0.717, 1.165) is 0 Å². The number of carboxylic acid groups (broad SMARTS) is 1. The lowest BCUT2D eigenvalue weighted by atomic mass is 10.3. The van der Waals surface area contributed by atoms with E-state index in [1.807, 2.05) is 6.92 Å². The Hall–Kier alpha value is -2.64. The average molecular weight is 263 g/mol. The Morgan fingerprint density at radius 2 is 2.11 bits per heavy atom. The summed E-state index contributed by atoms with van der Waals surface area (Å²) in [5.41, 5.74) is 0.447. The summed E-state index contributed by atoms with van der Waals surface area (Å²) >= 11 is 0. The van der Waals surface area contributed by atoms with E-state index in [1.54, 1.807) is 10.9 Å². The van der Waals surface area contributed by atoms with Crippen molar-refractivity contribution in [3.63, 3.8) is 0 Å². The number of nitrogens with zero attached hydrogens (tertiary/aromatic N) is 4. The molecular formula is C11H13N5O3. The average Bonchev–Trinajstić information content (AvgIpc) is 2.96. The van der Waals surface area contributed by atoms with Crippen LogP contribution in [0.3, 0.4) is 0 Å². The number of hydrogen-bond donors (Lipinski definition) is 2. The Balaban J connectivity index is 2.21. The molecular weight excluding hydrogens is 250 g/mol. The molecule has 2 aromatic rings. The second-order valence-electron chi connectivity index (χ2n) is 3.87. The number of anilines is 1. The number of hydrogen-bond acceptors (Lipinski definition) is 4. The van der Waals surface area contributed by atoms with Crippen LogP contribution in [0.4, 0.5) is 5.69 Å². The van der Waals surface area contributed by atoms with E-state index in [4.69, 9.17) is 5.11 Å². The van der Waals surface area contributed by atoms with Gasteiger partial charge < -0.3 is 10.4 Å². The van der Waals surface area contributed by atoms with E-state index in [-0.39, 0.29) is 11.4 Å². The van der Waals surface area contributed by atoms with Crippen molar-refractivity contribution in [2.45, 2.75) is 13.5 Å². The van der Waals surface area contributed by atoms with Crippen LogP contribution in [0.15, 0.2) is 18.6 Å². The van der Waals surface area contributed by atoms with Gasteiger partial charge in [0, 0.05) is 19.8 Å². The molecule has 0 saturated carbocycles. The van der Waals surface area contributed by atoms with Crippen LogP contribution >= 0.6 is 0 Å². The number of carbonyl (C=O) groups is 2. The third kappa shape index (κ3) is 2.46. The van der Waals surface area contributed by atoms with Crippen molar-refractivity contribution in [2.75, 3.05) is 5.32 Å². The molecule has 2 aromatic heterocycles. The fraction of sp³-hybridized carbons (Fsp3) is 0.273. The van der Waals surface area contributed by atoms with Gasteiger partial charge in [0.2, 0.25) is 0 Å². The van der Waals surface area contributed by atoms with Crippen LogP contribution in [0, 0.1) is 0 Å². The first-order valence-electron chi connectivity index (χ1n) is 5.62. The zero-order valence-electron chi connectivity index (χ0n) is 10.5. The molecule has 0 aliphatic carbocycles. The fourth-order valence-corrected chi connectivity index (χ4v) is 1.63. The van der Waals surface area contributed by atoms with E-state index in [2.05, 4.69) is 15.5 Å². The minimum atomic E-state index is -1.15. The van der Waals surface area contributed by atoms with Crippen molar-refractivity contribution in [1.82, 2.24) is 19.6 Å². The van der Waals surface area contributed by atoms with Crippen LogP contribution in [-0.4, -0.2) is 36.5 Å². The summed E-state index contributed by atoms with van der Waals surface area (Å²) in [6.07, 6.45) is 4.31. The molecule has 0 aliphatic rings. The number of carbonyl (C=O) groups excluding carboxylic acids is 1. The van der Waals surface area contributed by atoms with Crippen molar-refractivity contribution in [3.8, 4) is 0 Å². The van der Waals surface area contributed by atoms with Crippen LogP contribution in [-0.2, 0) is 13.6 Å². The van der Waals surface area contributed by atoms with E-state index in [0.29, 0.717) is 12.1 Å². The van der Waals surface area contributed by atoms with Gasteiger partial charge >= 0.3 is 5.97 Å². The number of aromatic carboxylic acids is 1. The second-order valence-corrected chi connectivity index (χ2v) is 3.87. The summed E-state index contributed by atoms with van der Waals surface area (Å²) in [5.74, 6) is -1.57. The molecule has 0 aromatic carbocycles. The van der Waals surface area contributed by atoms with Crippen LogP contribution in [0.1, 0.15) is 27.8 Å². The number of aromatic nitrogens is 4. The molecule has 0 bridgehead atoms. The summed E-state index contributed by atoms with van der Waals surface area (Å²) in [6.45, 7) is 2.55. The maximum atomic E-state index is 11.9. The molecule has 100 valence electrons. The van der Waals surface area contributed by atoms with Crippen LogP contribution < -0.4 is 5.32 Å². The zero-order chi connectivity index (χ0) is 14.0. The number of aryl methyl sites for hydroxylation is 2. The van der Waals surface area contributed by atoms with Gasteiger partial charge in [0.15, 0.2) is 5.69 Å². The number of rotatable bonds is 4. The highest BCUT2D eigenvalue weighted by atomic mass is 16.4. The molecule has 0 unspecified atom stereocenters. The maximum Gasteiger partial charge on any atom is 0.356 e. The summed E-state index contributed by atoms with van der Waals surface area (Å²) in [4.78, 5) is 23.0. The first-order valence-corrected chi connectivity index (χ1v) is 5.62. The van der Waals surface area contributed by atoms with Crippen molar-refractivity contribution < 1.29 is 14.7 Å². The molecule has 0 fully saturated rings. The molecule has 19 heavy (non-hydrogen) atoms. The highest BCUT2D eigenvalue weighted by Crippen LogP contribution is 2.15. The smallest absolute Gasteiger partial charge is 0.356 e. The van der Waals surface area contributed by atoms with Crippen LogP contribution in [0.5, 0.6) is 0 Å². The Morgan fingerprint density at radius 1 is 1.37 bits per heavy atom. The molecule has 0 radical (unpaired) electrons. The summed E-state index contributed by atoms with van der Waals surface area (Å²) in [6, 6.07) is 0. The van der Waals surface area contributed by atoms with Gasteiger partial charge in [-0.3, -0.25) is 14.2 Å². The van der Waals surface area contributed by atoms with E-state index >= 15 is 0 Å². The molecule has 8 nitrogen and oxygen atoms in total. The third-order valence-corrected chi connectivity index (χ3v) is 2.61. The lowest BCUT2D eigenvalue weighted by Gasteiger charge is -2.02. The van der Waals surface area contributed by atoms with Gasteiger partial charge in [-0.25, -0.2) is 4.79 Å². The highest BCUT2D eigenvalue weighted by Gasteiger charge is 2.18. The van der Waals surface area contributed by atoms with Gasteiger partial charge in [-0.1, -0.05) is 0 Å². The molecule has 2 heterocycles. The molecule has 0 aliphatic heterocycles. The Bertz CT molecular complexity index is 628. The van der Waals surface area contributed by atoms with Gasteiger partial charge in [-0.2, -0.15) is 10.2 Å². The highest BCUT2D eigenvalue weighted by molar-refractivity contribution is 6.06. The molecule has 2 rings (SSSR count). The zero-order valence-corrected chi connectivity index (χ0v) is 10.5. The van der Waals surface area contributed by atoms with Crippen LogP contribution in [0.2, 0.25) is 0 Å².